The molecule has 0 heterocycles. The average Bonchev–Trinajstić information content (AvgIpc) is 2.40. The number of aliphatic imine (C=N–C) groups is 1. The molecule has 2 atom stereocenters. The van der Waals surface area contributed by atoms with Gasteiger partial charge >= 0.3 is 0 Å². The fourth-order valence-electron chi connectivity index (χ4n) is 3.51. The lowest BCUT2D eigenvalue weighted by Gasteiger charge is -2.59. The van der Waals surface area contributed by atoms with Gasteiger partial charge in [0.2, 0.25) is 0 Å². The van der Waals surface area contributed by atoms with Gasteiger partial charge in [0.25, 0.3) is 0 Å². The number of benzene rings is 1. The van der Waals surface area contributed by atoms with E-state index in [1.165, 1.54) is 6.42 Å². The third-order valence-electron chi connectivity index (χ3n) is 4.88. The van der Waals surface area contributed by atoms with Crippen molar-refractivity contribution in [2.45, 2.75) is 44.8 Å². The first kappa shape index (κ1) is 18.4. The van der Waals surface area contributed by atoms with Crippen LogP contribution < -0.4 is 11.1 Å². The predicted molar refractivity (Wildman–Crippen MR) is 97.1 cm³/mol. The van der Waals surface area contributed by atoms with Crippen molar-refractivity contribution in [2.24, 2.45) is 16.1 Å². The summed E-state index contributed by atoms with van der Waals surface area (Å²) in [5.74, 6) is -0.957. The van der Waals surface area contributed by atoms with Crippen molar-refractivity contribution >= 4 is 35.6 Å². The van der Waals surface area contributed by atoms with Crippen LogP contribution in [0.2, 0.25) is 0 Å². The first-order valence-electron chi connectivity index (χ1n) is 7.72. The lowest BCUT2D eigenvalue weighted by molar-refractivity contribution is -0.162. The van der Waals surface area contributed by atoms with Crippen molar-refractivity contribution in [1.29, 1.82) is 0 Å². The van der Waals surface area contributed by atoms with Crippen LogP contribution in [0.1, 0.15) is 32.6 Å². The number of hydrogen-bond acceptors (Lipinski definition) is 2. The number of rotatable bonds is 4. The normalized spacial score (nSPS) is 25.3. The maximum absolute atomic E-state index is 13.6. The number of guanidine groups is 1. The van der Waals surface area contributed by atoms with Gasteiger partial charge in [-0.05, 0) is 38.3 Å². The third kappa shape index (κ3) is 3.45. The lowest BCUT2D eigenvalue weighted by Crippen LogP contribution is -2.61. The summed E-state index contributed by atoms with van der Waals surface area (Å²) < 4.78 is 32.5. The number of anilines is 1. The second-order valence-electron chi connectivity index (χ2n) is 6.05. The van der Waals surface area contributed by atoms with Crippen LogP contribution in [0.25, 0.3) is 0 Å². The Kier molecular flexibility index (Phi) is 5.83. The average molecular weight is 437 g/mol. The highest BCUT2D eigenvalue weighted by atomic mass is 127. The minimum Gasteiger partial charge on any atom is -0.378 e. The minimum atomic E-state index is -0.557. The molecule has 2 aliphatic carbocycles. The van der Waals surface area contributed by atoms with Gasteiger partial charge < -0.3 is 15.8 Å². The van der Waals surface area contributed by atoms with E-state index in [1.807, 2.05) is 6.92 Å². The Balaban J connectivity index is 0.00000192. The van der Waals surface area contributed by atoms with Gasteiger partial charge in [0.1, 0.15) is 11.6 Å². The summed E-state index contributed by atoms with van der Waals surface area (Å²) in [5.41, 5.74) is 5.97. The molecule has 4 nitrogen and oxygen atoms in total. The number of halogens is 3. The van der Waals surface area contributed by atoms with E-state index in [4.69, 9.17) is 10.5 Å². The zero-order chi connectivity index (χ0) is 15.7. The van der Waals surface area contributed by atoms with Crippen LogP contribution in [0.3, 0.4) is 0 Å². The van der Waals surface area contributed by atoms with E-state index in [0.717, 1.165) is 37.5 Å². The monoisotopic (exact) mass is 437 g/mol. The van der Waals surface area contributed by atoms with E-state index < -0.39 is 11.6 Å². The number of ether oxygens (including phenoxy) is 1. The van der Waals surface area contributed by atoms with E-state index in [1.54, 1.807) is 0 Å². The van der Waals surface area contributed by atoms with Crippen LogP contribution in [0.15, 0.2) is 23.2 Å². The Morgan fingerprint density at radius 3 is 2.78 bits per heavy atom. The zero-order valence-electron chi connectivity index (χ0n) is 13.0. The molecule has 1 aromatic rings. The second-order valence-corrected chi connectivity index (χ2v) is 6.05. The summed E-state index contributed by atoms with van der Waals surface area (Å²) in [7, 11) is 0. The fourth-order valence-corrected chi connectivity index (χ4v) is 3.51. The molecule has 3 rings (SSSR count). The Labute approximate surface area is 151 Å². The largest absolute Gasteiger partial charge is 0.378 e. The van der Waals surface area contributed by atoms with Crippen LogP contribution in [-0.2, 0) is 4.74 Å². The first-order valence-corrected chi connectivity index (χ1v) is 7.72. The molecule has 0 aromatic heterocycles. The predicted octanol–water partition coefficient (Wildman–Crippen LogP) is 3.66. The van der Waals surface area contributed by atoms with E-state index in [0.29, 0.717) is 6.61 Å². The molecule has 0 bridgehead atoms. The highest BCUT2D eigenvalue weighted by Gasteiger charge is 2.59. The molecule has 0 radical (unpaired) electrons. The van der Waals surface area contributed by atoms with Gasteiger partial charge in [-0.25, -0.2) is 13.8 Å². The minimum absolute atomic E-state index is 0. The van der Waals surface area contributed by atoms with Crippen molar-refractivity contribution in [3.8, 4) is 0 Å². The number of nitrogens with zero attached hydrogens (tertiary/aromatic N) is 1. The Bertz CT molecular complexity index is 593. The summed E-state index contributed by atoms with van der Waals surface area (Å²) in [5, 5.41) is 2.65. The summed E-state index contributed by atoms with van der Waals surface area (Å²) in [6.45, 7) is 2.69. The van der Waals surface area contributed by atoms with Crippen molar-refractivity contribution in [3.05, 3.63) is 29.8 Å². The maximum Gasteiger partial charge on any atom is 0.193 e. The SMILES string of the molecule is CCOC1CC(N=C(N)Nc2cc(F)ccc2F)C12CCC2.I. The molecule has 0 aliphatic heterocycles. The van der Waals surface area contributed by atoms with E-state index in [2.05, 4.69) is 10.3 Å². The molecular weight excluding hydrogens is 415 g/mol. The smallest absolute Gasteiger partial charge is 0.193 e. The molecule has 0 saturated heterocycles. The summed E-state index contributed by atoms with van der Waals surface area (Å²) in [6.07, 6.45) is 4.45. The van der Waals surface area contributed by atoms with Crippen LogP contribution in [0.4, 0.5) is 14.5 Å². The summed E-state index contributed by atoms with van der Waals surface area (Å²) >= 11 is 0. The molecule has 2 unspecified atom stereocenters. The second kappa shape index (κ2) is 7.29. The standard InChI is InChI=1S/C16H21F2N3O.HI/c1-2-22-14-9-13(16(14)6-3-7-16)21-15(19)20-12-8-10(17)4-5-11(12)18;/h4-5,8,13-14H,2-3,6-7,9H2,1H3,(H3,19,20,21);1H. The number of nitrogens with two attached hydrogens (primary N) is 1. The Morgan fingerprint density at radius 1 is 1.43 bits per heavy atom. The molecule has 2 aliphatic rings. The van der Waals surface area contributed by atoms with Gasteiger partial charge in [0.15, 0.2) is 5.96 Å². The van der Waals surface area contributed by atoms with Crippen molar-refractivity contribution in [2.75, 3.05) is 11.9 Å². The Morgan fingerprint density at radius 2 is 2.17 bits per heavy atom. The van der Waals surface area contributed by atoms with Gasteiger partial charge in [0, 0.05) is 18.1 Å². The number of hydrogen-bond donors (Lipinski definition) is 2. The van der Waals surface area contributed by atoms with E-state index >= 15 is 0 Å². The van der Waals surface area contributed by atoms with Crippen LogP contribution in [0, 0.1) is 17.0 Å². The highest BCUT2D eigenvalue weighted by Crippen LogP contribution is 2.58. The molecule has 1 spiro atoms. The molecular formula is C16H22F2IN3O. The lowest BCUT2D eigenvalue weighted by atomic mass is 9.51. The van der Waals surface area contributed by atoms with Gasteiger partial charge in [-0.3, -0.25) is 0 Å². The summed E-state index contributed by atoms with van der Waals surface area (Å²) in [6, 6.07) is 3.30. The Hall–Kier alpha value is -0.960. The van der Waals surface area contributed by atoms with Crippen molar-refractivity contribution in [1.82, 2.24) is 0 Å². The molecule has 1 aromatic carbocycles. The quantitative estimate of drug-likeness (QED) is 0.430. The number of nitrogens with one attached hydrogen (secondary N) is 1. The third-order valence-corrected chi connectivity index (χ3v) is 4.88. The van der Waals surface area contributed by atoms with Gasteiger partial charge in [0.05, 0.1) is 17.8 Å². The van der Waals surface area contributed by atoms with Crippen LogP contribution in [-0.4, -0.2) is 24.7 Å². The molecule has 2 fully saturated rings. The van der Waals surface area contributed by atoms with Crippen molar-refractivity contribution < 1.29 is 13.5 Å². The molecule has 23 heavy (non-hydrogen) atoms. The highest BCUT2D eigenvalue weighted by molar-refractivity contribution is 14.0. The zero-order valence-corrected chi connectivity index (χ0v) is 15.3. The summed E-state index contributed by atoms with van der Waals surface area (Å²) in [4.78, 5) is 4.47. The molecule has 3 N–H and O–H groups in total. The van der Waals surface area contributed by atoms with E-state index in [-0.39, 0.29) is 53.2 Å². The first-order chi connectivity index (χ1) is 10.5. The molecule has 2 saturated carbocycles. The molecule has 128 valence electrons. The molecule has 7 heteroatoms. The fraction of sp³-hybridized carbons (Fsp3) is 0.562. The van der Waals surface area contributed by atoms with Gasteiger partial charge in [-0.2, -0.15) is 0 Å². The van der Waals surface area contributed by atoms with Crippen LogP contribution >= 0.6 is 24.0 Å². The molecule has 0 amide bonds. The van der Waals surface area contributed by atoms with Crippen LogP contribution in [0.5, 0.6) is 0 Å². The van der Waals surface area contributed by atoms with Gasteiger partial charge in [-0.1, -0.05) is 6.42 Å². The maximum atomic E-state index is 13.6. The van der Waals surface area contributed by atoms with E-state index in [9.17, 15) is 8.78 Å². The topological polar surface area (TPSA) is 59.6 Å². The van der Waals surface area contributed by atoms with Gasteiger partial charge in [-0.15, -0.1) is 24.0 Å². The van der Waals surface area contributed by atoms with Crippen molar-refractivity contribution in [3.63, 3.8) is 0 Å².